The van der Waals surface area contributed by atoms with Crippen LogP contribution >= 0.6 is 11.8 Å². The summed E-state index contributed by atoms with van der Waals surface area (Å²) < 4.78 is 1.07. The van der Waals surface area contributed by atoms with Crippen molar-refractivity contribution in [1.82, 2.24) is 30.2 Å². The van der Waals surface area contributed by atoms with Crippen molar-refractivity contribution in [2.45, 2.75) is 16.7 Å². The molecule has 0 atom stereocenters. The van der Waals surface area contributed by atoms with Crippen LogP contribution in [0.25, 0.3) is 0 Å². The molecule has 0 aliphatic rings. The second-order valence-electron chi connectivity index (χ2n) is 2.84. The molecule has 0 fully saturated rings. The molecule has 0 aromatic carbocycles. The Morgan fingerprint density at radius 2 is 2.41 bits per heavy atom. The Hall–Kier alpha value is -2.23. The molecule has 2 aromatic rings. The van der Waals surface area contributed by atoms with Gasteiger partial charge in [-0.05, 0) is 22.2 Å². The largest absolute Gasteiger partial charge is 0.480 e. The summed E-state index contributed by atoms with van der Waals surface area (Å²) in [6.07, 6.45) is 2.81. The highest BCUT2D eigenvalue weighted by Gasteiger charge is 2.13. The molecule has 0 bridgehead atoms. The Bertz CT molecular complexity index is 593. The first-order chi connectivity index (χ1) is 8.16. The summed E-state index contributed by atoms with van der Waals surface area (Å²) in [4.78, 5) is 28.2. The van der Waals surface area contributed by atoms with Crippen LogP contribution in [-0.4, -0.2) is 41.3 Å². The highest BCUT2D eigenvalue weighted by molar-refractivity contribution is 7.99. The van der Waals surface area contributed by atoms with Crippen LogP contribution in [0.15, 0.2) is 27.4 Å². The van der Waals surface area contributed by atoms with E-state index in [2.05, 4.69) is 25.5 Å². The Morgan fingerprint density at radius 3 is 3.12 bits per heavy atom. The number of H-pyrrole nitrogens is 1. The molecule has 0 aliphatic heterocycles. The van der Waals surface area contributed by atoms with Crippen LogP contribution in [0.5, 0.6) is 0 Å². The molecular weight excluding hydrogens is 248 g/mol. The van der Waals surface area contributed by atoms with Crippen molar-refractivity contribution >= 4 is 17.7 Å². The molecule has 0 amide bonds. The number of carboxylic acids is 1. The van der Waals surface area contributed by atoms with Crippen molar-refractivity contribution in [3.05, 3.63) is 22.7 Å². The molecule has 88 valence electrons. The summed E-state index contributed by atoms with van der Waals surface area (Å²) in [5.41, 5.74) is -0.387. The average Bonchev–Trinajstić information content (AvgIpc) is 2.68. The van der Waals surface area contributed by atoms with Crippen molar-refractivity contribution in [1.29, 1.82) is 0 Å². The number of aromatic nitrogens is 6. The first kappa shape index (κ1) is 11.3. The van der Waals surface area contributed by atoms with Gasteiger partial charge in [0.2, 0.25) is 5.16 Å². The third kappa shape index (κ3) is 2.66. The molecule has 17 heavy (non-hydrogen) atoms. The van der Waals surface area contributed by atoms with Gasteiger partial charge in [-0.1, -0.05) is 0 Å². The number of carboxylic acid groups (broad SMARTS) is 1. The Kier molecular flexibility index (Phi) is 3.14. The molecule has 0 unspecified atom stereocenters. The standard InChI is InChI=1S/C7H6N6O3S/c14-4(15)3-13-7(10-11-12-13)17-6-5(16)8-1-2-9-6/h1-2H,3H2,(H,8,16)(H,14,15). The van der Waals surface area contributed by atoms with Crippen molar-refractivity contribution < 1.29 is 9.90 Å². The molecule has 2 N–H and O–H groups in total. The summed E-state index contributed by atoms with van der Waals surface area (Å²) in [5, 5.41) is 19.4. The highest BCUT2D eigenvalue weighted by atomic mass is 32.2. The number of rotatable bonds is 4. The topological polar surface area (TPSA) is 127 Å². The molecule has 9 nitrogen and oxygen atoms in total. The van der Waals surface area contributed by atoms with E-state index in [0.717, 1.165) is 16.4 Å². The van der Waals surface area contributed by atoms with Crippen molar-refractivity contribution in [2.24, 2.45) is 0 Å². The maximum absolute atomic E-state index is 11.3. The normalized spacial score (nSPS) is 10.4. The molecule has 0 aliphatic carbocycles. The number of carbonyl (C=O) groups is 1. The number of tetrazole rings is 1. The van der Waals surface area contributed by atoms with Gasteiger partial charge in [0.15, 0.2) is 5.03 Å². The summed E-state index contributed by atoms with van der Waals surface area (Å²) in [6, 6.07) is 0. The third-order valence-corrected chi connectivity index (χ3v) is 2.61. The van der Waals surface area contributed by atoms with Crippen molar-refractivity contribution in [3.8, 4) is 0 Å². The minimum absolute atomic E-state index is 0.147. The van der Waals surface area contributed by atoms with E-state index in [1.165, 1.54) is 12.4 Å². The van der Waals surface area contributed by atoms with Crippen molar-refractivity contribution in [3.63, 3.8) is 0 Å². The lowest BCUT2D eigenvalue weighted by Gasteiger charge is -1.99. The zero-order valence-electron chi connectivity index (χ0n) is 8.27. The molecule has 0 saturated heterocycles. The van der Waals surface area contributed by atoms with Crippen molar-refractivity contribution in [2.75, 3.05) is 0 Å². The molecule has 0 saturated carbocycles. The fourth-order valence-corrected chi connectivity index (χ4v) is 1.72. The predicted octanol–water partition coefficient (Wildman–Crippen LogP) is -1.01. The molecule has 0 spiro atoms. The van der Waals surface area contributed by atoms with E-state index >= 15 is 0 Å². The maximum Gasteiger partial charge on any atom is 0.325 e. The van der Waals surface area contributed by atoms with Gasteiger partial charge in [0.25, 0.3) is 5.56 Å². The Morgan fingerprint density at radius 1 is 1.59 bits per heavy atom. The maximum atomic E-state index is 11.3. The van der Waals surface area contributed by atoms with E-state index in [-0.39, 0.29) is 22.3 Å². The van der Waals surface area contributed by atoms with Gasteiger partial charge in [-0.25, -0.2) is 9.67 Å². The number of aliphatic carboxylic acids is 1. The van der Waals surface area contributed by atoms with Crippen LogP contribution in [-0.2, 0) is 11.3 Å². The molecule has 2 heterocycles. The Balaban J connectivity index is 2.25. The lowest BCUT2D eigenvalue weighted by Crippen LogP contribution is -2.13. The van der Waals surface area contributed by atoms with E-state index in [9.17, 15) is 9.59 Å². The van der Waals surface area contributed by atoms with Crippen LogP contribution in [0.1, 0.15) is 0 Å². The van der Waals surface area contributed by atoms with Crippen LogP contribution < -0.4 is 5.56 Å². The van der Waals surface area contributed by atoms with E-state index in [4.69, 9.17) is 5.11 Å². The minimum Gasteiger partial charge on any atom is -0.480 e. The summed E-state index contributed by atoms with van der Waals surface area (Å²) >= 11 is 0.898. The fourth-order valence-electron chi connectivity index (χ4n) is 0.994. The summed E-state index contributed by atoms with van der Waals surface area (Å²) in [6.45, 7) is -0.375. The number of nitrogens with one attached hydrogen (secondary N) is 1. The van der Waals surface area contributed by atoms with Gasteiger partial charge in [-0.2, -0.15) is 0 Å². The van der Waals surface area contributed by atoms with Crippen LogP contribution in [0.3, 0.4) is 0 Å². The number of aromatic amines is 1. The van der Waals surface area contributed by atoms with Gasteiger partial charge >= 0.3 is 5.97 Å². The van der Waals surface area contributed by atoms with Crippen LogP contribution in [0.4, 0.5) is 0 Å². The van der Waals surface area contributed by atoms with Gasteiger partial charge in [0.1, 0.15) is 6.54 Å². The highest BCUT2D eigenvalue weighted by Crippen LogP contribution is 2.19. The average molecular weight is 254 g/mol. The van der Waals surface area contributed by atoms with E-state index in [0.29, 0.717) is 0 Å². The lowest BCUT2D eigenvalue weighted by molar-refractivity contribution is -0.138. The monoisotopic (exact) mass is 254 g/mol. The van der Waals surface area contributed by atoms with Crippen LogP contribution in [0.2, 0.25) is 0 Å². The number of hydrogen-bond acceptors (Lipinski definition) is 7. The van der Waals surface area contributed by atoms with E-state index < -0.39 is 5.97 Å². The smallest absolute Gasteiger partial charge is 0.325 e. The predicted molar refractivity (Wildman–Crippen MR) is 54.4 cm³/mol. The zero-order chi connectivity index (χ0) is 12.3. The SMILES string of the molecule is O=C(O)Cn1nnnc1Sc1ncc[nH]c1=O. The first-order valence-corrected chi connectivity index (χ1v) is 5.18. The Labute approximate surface area is 97.9 Å². The number of hydrogen-bond donors (Lipinski definition) is 2. The van der Waals surface area contributed by atoms with Crippen LogP contribution in [0, 0.1) is 0 Å². The lowest BCUT2D eigenvalue weighted by atomic mass is 10.7. The van der Waals surface area contributed by atoms with Gasteiger partial charge in [-0.3, -0.25) is 9.59 Å². The van der Waals surface area contributed by atoms with E-state index in [1.807, 2.05) is 0 Å². The summed E-state index contributed by atoms with van der Waals surface area (Å²) in [7, 11) is 0. The van der Waals surface area contributed by atoms with E-state index in [1.54, 1.807) is 0 Å². The minimum atomic E-state index is -1.07. The second-order valence-corrected chi connectivity index (χ2v) is 3.79. The van der Waals surface area contributed by atoms with Gasteiger partial charge in [0, 0.05) is 12.4 Å². The van der Waals surface area contributed by atoms with Gasteiger partial charge < -0.3 is 10.1 Å². The summed E-state index contributed by atoms with van der Waals surface area (Å²) in [5.74, 6) is -1.07. The fraction of sp³-hybridized carbons (Fsp3) is 0.143. The zero-order valence-corrected chi connectivity index (χ0v) is 9.09. The molecule has 0 radical (unpaired) electrons. The third-order valence-electron chi connectivity index (χ3n) is 1.65. The first-order valence-electron chi connectivity index (χ1n) is 4.36. The molecule has 2 aromatic heterocycles. The quantitative estimate of drug-likeness (QED) is 0.710. The van der Waals surface area contributed by atoms with Gasteiger partial charge in [0.05, 0.1) is 0 Å². The molecule has 10 heteroatoms. The number of nitrogens with zero attached hydrogens (tertiary/aromatic N) is 5. The molecule has 2 rings (SSSR count). The second kappa shape index (κ2) is 4.74. The van der Waals surface area contributed by atoms with Gasteiger partial charge in [-0.15, -0.1) is 5.10 Å². The molecular formula is C7H6N6O3S.